The SMILES string of the molecule is CC1(C)OC2C(CO[Si](c3ccccc3)(c3ccccc3)C(C)(C)C)=CC(=O)[C@H]2O1.CC1(C)OC2[C@H](CO[Si](c3ccccc3)(c3ccccc3)C(C)(C)C)CC(=O)[C@H]2O1.CO. The molecule has 2 unspecified atom stereocenters. The fourth-order valence-electron chi connectivity index (χ4n) is 9.68. The van der Waals surface area contributed by atoms with Crippen molar-refractivity contribution in [1.29, 1.82) is 0 Å². The average Bonchev–Trinajstić information content (AvgIpc) is 3.93. The van der Waals surface area contributed by atoms with Gasteiger partial charge in [0.2, 0.25) is 0 Å². The van der Waals surface area contributed by atoms with Crippen LogP contribution in [0.4, 0.5) is 0 Å². The largest absolute Gasteiger partial charge is 0.407 e. The average molecular weight is 879 g/mol. The van der Waals surface area contributed by atoms with Gasteiger partial charge in [0, 0.05) is 26.1 Å². The Labute approximate surface area is 371 Å². The lowest BCUT2D eigenvalue weighted by Crippen LogP contribution is -2.67. The first kappa shape index (κ1) is 47.6. The number of ether oxygens (including phenoxy) is 4. The predicted octanol–water partition coefficient (Wildman–Crippen LogP) is 6.87. The van der Waals surface area contributed by atoms with Crippen molar-refractivity contribution < 1.29 is 42.5 Å². The second kappa shape index (κ2) is 18.7. The fourth-order valence-corrected chi connectivity index (χ4v) is 18.8. The van der Waals surface area contributed by atoms with E-state index in [1.54, 1.807) is 6.08 Å². The molecule has 2 aliphatic heterocycles. The number of Topliss-reactive ketones (excluding diaryl/α,β-unsaturated/α-hetero) is 1. The summed E-state index contributed by atoms with van der Waals surface area (Å²) in [6.45, 7) is 21.8. The van der Waals surface area contributed by atoms with Crippen molar-refractivity contribution in [3.63, 3.8) is 0 Å². The summed E-state index contributed by atoms with van der Waals surface area (Å²) in [6, 6.07) is 42.2. The van der Waals surface area contributed by atoms with Crippen molar-refractivity contribution >= 4 is 48.9 Å². The van der Waals surface area contributed by atoms with E-state index in [9.17, 15) is 9.59 Å². The second-order valence-corrected chi connectivity index (χ2v) is 28.1. The van der Waals surface area contributed by atoms with Crippen LogP contribution in [0.1, 0.15) is 75.7 Å². The van der Waals surface area contributed by atoms with Crippen molar-refractivity contribution in [3.05, 3.63) is 133 Å². The topological polar surface area (TPSA) is 110 Å². The van der Waals surface area contributed by atoms with Crippen LogP contribution in [0.3, 0.4) is 0 Å². The maximum Gasteiger partial charge on any atom is 0.261 e. The summed E-state index contributed by atoms with van der Waals surface area (Å²) < 4.78 is 37.8. The molecule has 4 aromatic carbocycles. The highest BCUT2D eigenvalue weighted by molar-refractivity contribution is 7.00. The van der Waals surface area contributed by atoms with E-state index in [1.165, 1.54) is 20.7 Å². The molecule has 3 fully saturated rings. The van der Waals surface area contributed by atoms with Gasteiger partial charge in [-0.3, -0.25) is 9.59 Å². The highest BCUT2D eigenvalue weighted by Gasteiger charge is 2.57. The van der Waals surface area contributed by atoms with Crippen LogP contribution in [0, 0.1) is 5.92 Å². The summed E-state index contributed by atoms with van der Waals surface area (Å²) in [7, 11) is -4.29. The molecular formula is C51H66O9Si2. The van der Waals surface area contributed by atoms with Crippen LogP contribution in [0.2, 0.25) is 10.1 Å². The number of benzene rings is 4. The molecule has 1 N–H and O–H groups in total. The Balaban J connectivity index is 0.000000199. The Morgan fingerprint density at radius 2 is 0.935 bits per heavy atom. The molecule has 4 aliphatic rings. The zero-order valence-corrected chi connectivity index (χ0v) is 40.3. The number of hydrogen-bond acceptors (Lipinski definition) is 9. The molecule has 0 radical (unpaired) electrons. The Kier molecular flexibility index (Phi) is 14.3. The Morgan fingerprint density at radius 3 is 1.35 bits per heavy atom. The molecule has 332 valence electrons. The molecule has 11 heteroatoms. The zero-order chi connectivity index (χ0) is 45.1. The van der Waals surface area contributed by atoms with E-state index in [0.29, 0.717) is 19.6 Å². The molecule has 0 spiro atoms. The summed E-state index contributed by atoms with van der Waals surface area (Å²) in [5.74, 6) is -1.39. The third-order valence-electron chi connectivity index (χ3n) is 12.2. The van der Waals surface area contributed by atoms with Crippen molar-refractivity contribution in [3.8, 4) is 0 Å². The van der Waals surface area contributed by atoms with Gasteiger partial charge in [-0.15, -0.1) is 0 Å². The number of aliphatic hydroxyl groups is 1. The fraction of sp³-hybridized carbons (Fsp3) is 0.451. The van der Waals surface area contributed by atoms with Gasteiger partial charge in [0.25, 0.3) is 16.6 Å². The second-order valence-electron chi connectivity index (χ2n) is 19.5. The molecule has 2 heterocycles. The summed E-state index contributed by atoms with van der Waals surface area (Å²) >= 11 is 0. The number of hydrogen-bond donors (Lipinski definition) is 1. The quantitative estimate of drug-likeness (QED) is 0.171. The molecule has 0 amide bonds. The van der Waals surface area contributed by atoms with E-state index in [0.717, 1.165) is 12.7 Å². The first-order valence-electron chi connectivity index (χ1n) is 21.7. The summed E-state index contributed by atoms with van der Waals surface area (Å²) in [4.78, 5) is 25.1. The molecule has 62 heavy (non-hydrogen) atoms. The van der Waals surface area contributed by atoms with E-state index in [-0.39, 0.29) is 39.8 Å². The van der Waals surface area contributed by atoms with Gasteiger partial charge in [0.05, 0.1) is 12.7 Å². The molecular weight excluding hydrogens is 813 g/mol. The molecule has 1 saturated carbocycles. The maximum atomic E-state index is 12.6. The van der Waals surface area contributed by atoms with E-state index in [1.807, 2.05) is 52.0 Å². The third kappa shape index (κ3) is 9.48. The molecule has 0 bridgehead atoms. The summed E-state index contributed by atoms with van der Waals surface area (Å²) in [5, 5.41) is 11.7. The van der Waals surface area contributed by atoms with Crippen molar-refractivity contribution in [2.45, 2.75) is 122 Å². The molecule has 2 aliphatic carbocycles. The maximum absolute atomic E-state index is 12.6. The van der Waals surface area contributed by atoms with Crippen LogP contribution >= 0.6 is 0 Å². The Hall–Kier alpha value is -3.89. The highest BCUT2D eigenvalue weighted by Crippen LogP contribution is 2.43. The summed E-state index contributed by atoms with van der Waals surface area (Å²) in [6.07, 6.45) is 0.480. The van der Waals surface area contributed by atoms with Crippen molar-refractivity contribution in [1.82, 2.24) is 0 Å². The smallest absolute Gasteiger partial charge is 0.261 e. The molecule has 0 aromatic heterocycles. The molecule has 8 rings (SSSR count). The number of fused-ring (bicyclic) bond motifs is 2. The zero-order valence-electron chi connectivity index (χ0n) is 38.3. The molecule has 2 saturated heterocycles. The normalized spacial score (nSPS) is 24.0. The Bertz CT molecular complexity index is 2070. The van der Waals surface area contributed by atoms with Crippen molar-refractivity contribution in [2.24, 2.45) is 5.92 Å². The van der Waals surface area contributed by atoms with Gasteiger partial charge in [-0.2, -0.15) is 0 Å². The lowest BCUT2D eigenvalue weighted by Gasteiger charge is -2.43. The lowest BCUT2D eigenvalue weighted by atomic mass is 10.1. The van der Waals surface area contributed by atoms with Crippen LogP contribution < -0.4 is 20.7 Å². The van der Waals surface area contributed by atoms with Crippen LogP contribution in [0.5, 0.6) is 0 Å². The predicted molar refractivity (Wildman–Crippen MR) is 249 cm³/mol. The van der Waals surface area contributed by atoms with E-state index in [4.69, 9.17) is 32.9 Å². The van der Waals surface area contributed by atoms with Gasteiger partial charge in [-0.25, -0.2) is 0 Å². The van der Waals surface area contributed by atoms with Crippen LogP contribution in [0.25, 0.3) is 0 Å². The van der Waals surface area contributed by atoms with Crippen LogP contribution in [-0.2, 0) is 37.4 Å². The summed E-state index contributed by atoms with van der Waals surface area (Å²) in [5.41, 5.74) is 0.864. The standard InChI is InChI=1S/C25H32O4Si.C25H30O4Si.CH4O/c2*1-24(2,3)30(19-12-8-6-9-13-19,20-14-10-7-11-15-20)27-17-18-16-21(26)23-22(18)28-25(4,5)29-23;1-2/h6-15,18,22-23H,16-17H2,1-5H3;6-16,22-23H,17H2,1-5H3;2H,1H3/t18-,22?,23+;22?,23-;/m01./s1. The molecule has 5 atom stereocenters. The van der Waals surface area contributed by atoms with Gasteiger partial charge in [0.1, 0.15) is 12.2 Å². The van der Waals surface area contributed by atoms with Gasteiger partial charge in [-0.1, -0.05) is 163 Å². The van der Waals surface area contributed by atoms with Crippen molar-refractivity contribution in [2.75, 3.05) is 20.3 Å². The lowest BCUT2D eigenvalue weighted by molar-refractivity contribution is -0.163. The van der Waals surface area contributed by atoms with E-state index >= 15 is 0 Å². The Morgan fingerprint density at radius 1 is 0.565 bits per heavy atom. The van der Waals surface area contributed by atoms with Gasteiger partial charge < -0.3 is 32.9 Å². The third-order valence-corrected chi connectivity index (χ3v) is 22.2. The monoisotopic (exact) mass is 878 g/mol. The molecule has 4 aromatic rings. The number of aliphatic hydroxyl groups excluding tert-OH is 1. The minimum absolute atomic E-state index is 0.00549. The van der Waals surface area contributed by atoms with Gasteiger partial charge in [0.15, 0.2) is 29.2 Å². The van der Waals surface area contributed by atoms with Gasteiger partial charge >= 0.3 is 0 Å². The number of carbonyl (C=O) groups is 2. The highest BCUT2D eigenvalue weighted by atomic mass is 28.4. The molecule has 9 nitrogen and oxygen atoms in total. The number of rotatable bonds is 10. The van der Waals surface area contributed by atoms with E-state index in [2.05, 4.69) is 139 Å². The first-order chi connectivity index (χ1) is 29.3. The number of ketones is 2. The number of carbonyl (C=O) groups excluding carboxylic acids is 2. The van der Waals surface area contributed by atoms with E-state index < -0.39 is 40.4 Å². The van der Waals surface area contributed by atoms with Crippen LogP contribution in [0.15, 0.2) is 133 Å². The minimum atomic E-state index is -2.67. The minimum Gasteiger partial charge on any atom is -0.407 e. The van der Waals surface area contributed by atoms with Crippen LogP contribution in [-0.4, -0.2) is 89.6 Å². The van der Waals surface area contributed by atoms with Gasteiger partial charge in [-0.05, 0) is 70.2 Å². The first-order valence-corrected chi connectivity index (χ1v) is 25.5.